The van der Waals surface area contributed by atoms with Crippen molar-refractivity contribution in [1.29, 1.82) is 0 Å². The van der Waals surface area contributed by atoms with E-state index in [0.717, 1.165) is 24.9 Å². The SMILES string of the molecule is O=C1NC(=Nc2cccc(Cl)c2Cl)S/C1=C\c1cc(Br)c(OCc2ccc(Cl)cc2)c(I)c1. The van der Waals surface area contributed by atoms with E-state index in [2.05, 4.69) is 48.8 Å². The third-order valence-corrected chi connectivity index (χ3v) is 7.78. The highest BCUT2D eigenvalue weighted by molar-refractivity contribution is 14.1. The van der Waals surface area contributed by atoms with Crippen molar-refractivity contribution in [2.75, 3.05) is 0 Å². The molecule has 3 aromatic carbocycles. The summed E-state index contributed by atoms with van der Waals surface area (Å²) in [6, 6.07) is 16.5. The van der Waals surface area contributed by atoms with Gasteiger partial charge in [-0.2, -0.15) is 0 Å². The van der Waals surface area contributed by atoms with Crippen LogP contribution in [-0.4, -0.2) is 11.1 Å². The number of nitrogens with one attached hydrogen (secondary N) is 1. The Bertz CT molecular complexity index is 1280. The van der Waals surface area contributed by atoms with Crippen LogP contribution in [0.5, 0.6) is 5.75 Å². The molecule has 0 unspecified atom stereocenters. The molecule has 1 N–H and O–H groups in total. The van der Waals surface area contributed by atoms with Crippen LogP contribution in [0.3, 0.4) is 0 Å². The third-order valence-electron chi connectivity index (χ3n) is 4.42. The molecule has 3 aromatic rings. The summed E-state index contributed by atoms with van der Waals surface area (Å²) in [7, 11) is 0. The summed E-state index contributed by atoms with van der Waals surface area (Å²) in [5, 5.41) is 4.62. The van der Waals surface area contributed by atoms with Crippen LogP contribution < -0.4 is 10.1 Å². The van der Waals surface area contributed by atoms with Crippen molar-refractivity contribution >= 4 is 108 Å². The smallest absolute Gasteiger partial charge is 0.264 e. The van der Waals surface area contributed by atoms with E-state index in [4.69, 9.17) is 39.5 Å². The number of hydrogen-bond acceptors (Lipinski definition) is 4. The van der Waals surface area contributed by atoms with Crippen molar-refractivity contribution in [3.8, 4) is 5.75 Å². The van der Waals surface area contributed by atoms with Crippen molar-refractivity contribution in [2.45, 2.75) is 6.61 Å². The van der Waals surface area contributed by atoms with E-state index in [1.165, 1.54) is 11.8 Å². The monoisotopic (exact) mass is 692 g/mol. The Balaban J connectivity index is 1.51. The number of ether oxygens (including phenoxy) is 1. The van der Waals surface area contributed by atoms with E-state index in [0.29, 0.717) is 37.4 Å². The summed E-state index contributed by atoms with van der Waals surface area (Å²) in [6.45, 7) is 0.413. The third kappa shape index (κ3) is 6.26. The lowest BCUT2D eigenvalue weighted by Gasteiger charge is -2.12. The van der Waals surface area contributed by atoms with E-state index in [-0.39, 0.29) is 5.91 Å². The minimum absolute atomic E-state index is 0.230. The zero-order chi connectivity index (χ0) is 23.5. The number of carbonyl (C=O) groups excluding carboxylic acids is 1. The first-order valence-electron chi connectivity index (χ1n) is 9.40. The average molecular weight is 695 g/mol. The van der Waals surface area contributed by atoms with Gasteiger partial charge in [-0.1, -0.05) is 53.0 Å². The zero-order valence-corrected chi connectivity index (χ0v) is 23.4. The van der Waals surface area contributed by atoms with Crippen molar-refractivity contribution in [1.82, 2.24) is 5.32 Å². The van der Waals surface area contributed by atoms with Crippen LogP contribution in [-0.2, 0) is 11.4 Å². The quantitative estimate of drug-likeness (QED) is 0.215. The Hall–Kier alpha value is -1.23. The predicted octanol–water partition coefficient (Wildman–Crippen LogP) is 8.48. The fraction of sp³-hybridized carbons (Fsp3) is 0.0435. The molecule has 0 spiro atoms. The van der Waals surface area contributed by atoms with Crippen molar-refractivity contribution in [3.05, 3.63) is 93.7 Å². The molecule has 0 bridgehead atoms. The van der Waals surface area contributed by atoms with Gasteiger partial charge in [0.05, 0.1) is 28.7 Å². The van der Waals surface area contributed by atoms with Crippen LogP contribution in [0.2, 0.25) is 15.1 Å². The number of halogens is 5. The lowest BCUT2D eigenvalue weighted by molar-refractivity contribution is -0.115. The van der Waals surface area contributed by atoms with E-state index in [1.54, 1.807) is 24.3 Å². The van der Waals surface area contributed by atoms with Gasteiger partial charge in [0, 0.05) is 5.02 Å². The summed E-state index contributed by atoms with van der Waals surface area (Å²) in [4.78, 5) is 17.4. The van der Waals surface area contributed by atoms with Gasteiger partial charge in [-0.15, -0.1) is 0 Å². The molecule has 1 aliphatic heterocycles. The molecular formula is C23H13BrCl3IN2O2S. The Kier molecular flexibility index (Phi) is 8.30. The van der Waals surface area contributed by atoms with E-state index in [1.807, 2.05) is 36.4 Å². The minimum atomic E-state index is -0.230. The molecule has 1 fully saturated rings. The molecule has 0 radical (unpaired) electrons. The van der Waals surface area contributed by atoms with Crippen LogP contribution in [0.1, 0.15) is 11.1 Å². The van der Waals surface area contributed by atoms with Gasteiger partial charge in [0.25, 0.3) is 5.91 Å². The molecule has 168 valence electrons. The molecule has 1 heterocycles. The largest absolute Gasteiger partial charge is 0.487 e. The van der Waals surface area contributed by atoms with Crippen molar-refractivity contribution < 1.29 is 9.53 Å². The van der Waals surface area contributed by atoms with Gasteiger partial charge < -0.3 is 10.1 Å². The minimum Gasteiger partial charge on any atom is -0.487 e. The Labute approximate surface area is 232 Å². The van der Waals surface area contributed by atoms with E-state index < -0.39 is 0 Å². The normalized spacial score (nSPS) is 15.8. The van der Waals surface area contributed by atoms with Gasteiger partial charge in [-0.3, -0.25) is 4.79 Å². The highest BCUT2D eigenvalue weighted by Crippen LogP contribution is 2.36. The first-order chi connectivity index (χ1) is 15.8. The number of carbonyl (C=O) groups is 1. The fourth-order valence-corrected chi connectivity index (χ4v) is 5.92. The number of rotatable bonds is 5. The molecule has 0 atom stereocenters. The molecule has 4 rings (SSSR count). The second-order valence-electron chi connectivity index (χ2n) is 6.78. The first kappa shape index (κ1) is 24.9. The maximum atomic E-state index is 12.5. The number of hydrogen-bond donors (Lipinski definition) is 1. The number of thioether (sulfide) groups is 1. The van der Waals surface area contributed by atoms with Crippen molar-refractivity contribution in [3.63, 3.8) is 0 Å². The van der Waals surface area contributed by atoms with Gasteiger partial charge in [-0.05, 0) is 104 Å². The summed E-state index contributed by atoms with van der Waals surface area (Å²) >= 11 is 25.2. The Morgan fingerprint density at radius 1 is 1.12 bits per heavy atom. The molecule has 0 aliphatic carbocycles. The fourth-order valence-electron chi connectivity index (χ4n) is 2.86. The summed E-state index contributed by atoms with van der Waals surface area (Å²) < 4.78 is 7.70. The number of nitrogens with zero attached hydrogens (tertiary/aromatic N) is 1. The molecule has 33 heavy (non-hydrogen) atoms. The van der Waals surface area contributed by atoms with E-state index in [9.17, 15) is 4.79 Å². The van der Waals surface area contributed by atoms with Gasteiger partial charge in [0.1, 0.15) is 12.4 Å². The predicted molar refractivity (Wildman–Crippen MR) is 150 cm³/mol. The molecule has 0 saturated carbocycles. The standard InChI is InChI=1S/C23H13BrCl3IN2O2S/c24-15-8-13(9-17(28)21(15)32-11-12-4-6-14(25)7-5-12)10-19-22(31)30-23(33-19)29-18-3-1-2-16(26)20(18)27/h1-10H,11H2,(H,29,30,31)/b19-10-. The molecule has 0 aromatic heterocycles. The number of amides is 1. The topological polar surface area (TPSA) is 50.7 Å². The van der Waals surface area contributed by atoms with Crippen LogP contribution >= 0.6 is 85.1 Å². The van der Waals surface area contributed by atoms with Crippen LogP contribution in [0.25, 0.3) is 6.08 Å². The molecule has 4 nitrogen and oxygen atoms in total. The number of aliphatic imine (C=N–C) groups is 1. The highest BCUT2D eigenvalue weighted by atomic mass is 127. The second-order valence-corrected chi connectivity index (χ2v) is 11.1. The van der Waals surface area contributed by atoms with Gasteiger partial charge in [-0.25, -0.2) is 4.99 Å². The molecule has 1 amide bonds. The first-order valence-corrected chi connectivity index (χ1v) is 13.2. The average Bonchev–Trinajstić information content (AvgIpc) is 3.10. The van der Waals surface area contributed by atoms with E-state index >= 15 is 0 Å². The van der Waals surface area contributed by atoms with Gasteiger partial charge >= 0.3 is 0 Å². The summed E-state index contributed by atoms with van der Waals surface area (Å²) in [6.07, 6.45) is 1.80. The maximum absolute atomic E-state index is 12.5. The maximum Gasteiger partial charge on any atom is 0.264 e. The van der Waals surface area contributed by atoms with Crippen LogP contribution in [0.15, 0.2) is 69.0 Å². The molecule has 1 saturated heterocycles. The number of amidine groups is 1. The molecular weight excluding hydrogens is 681 g/mol. The summed E-state index contributed by atoms with van der Waals surface area (Å²) in [5.74, 6) is 0.500. The Morgan fingerprint density at radius 3 is 2.61 bits per heavy atom. The lowest BCUT2D eigenvalue weighted by atomic mass is 10.2. The van der Waals surface area contributed by atoms with Crippen LogP contribution in [0.4, 0.5) is 5.69 Å². The molecule has 10 heteroatoms. The van der Waals surface area contributed by atoms with Gasteiger partial charge in [0.2, 0.25) is 0 Å². The molecule has 1 aliphatic rings. The van der Waals surface area contributed by atoms with Crippen molar-refractivity contribution in [2.24, 2.45) is 4.99 Å². The van der Waals surface area contributed by atoms with Gasteiger partial charge in [0.15, 0.2) is 5.17 Å². The zero-order valence-electron chi connectivity index (χ0n) is 16.5. The highest BCUT2D eigenvalue weighted by Gasteiger charge is 2.24. The lowest BCUT2D eigenvalue weighted by Crippen LogP contribution is -2.19. The second kappa shape index (κ2) is 11.0. The number of benzene rings is 3. The van der Waals surface area contributed by atoms with Crippen LogP contribution in [0, 0.1) is 3.57 Å². The Morgan fingerprint density at radius 2 is 1.88 bits per heavy atom. The summed E-state index contributed by atoms with van der Waals surface area (Å²) in [5.41, 5.74) is 2.36.